The molecule has 0 spiro atoms. The Morgan fingerprint density at radius 2 is 1.85 bits per heavy atom. The lowest BCUT2D eigenvalue weighted by molar-refractivity contribution is -0.130. The summed E-state index contributed by atoms with van der Waals surface area (Å²) >= 11 is 0. The molecular formula is C21H23N3O3. The number of fused-ring (bicyclic) bond motifs is 2. The fourth-order valence-corrected chi connectivity index (χ4v) is 3.46. The van der Waals surface area contributed by atoms with Gasteiger partial charge in [0.05, 0.1) is 12.7 Å². The van der Waals surface area contributed by atoms with Crippen LogP contribution in [0.15, 0.2) is 41.4 Å². The number of aryl methyl sites for hydroxylation is 1. The molecule has 4 rings (SSSR count). The van der Waals surface area contributed by atoms with E-state index in [1.54, 1.807) is 14.0 Å². The van der Waals surface area contributed by atoms with Crippen LogP contribution in [-0.2, 0) is 4.79 Å². The summed E-state index contributed by atoms with van der Waals surface area (Å²) < 4.78 is 11.6. The van der Waals surface area contributed by atoms with Gasteiger partial charge in [0.25, 0.3) is 0 Å². The monoisotopic (exact) mass is 365 g/mol. The van der Waals surface area contributed by atoms with Crippen molar-refractivity contribution >= 4 is 17.4 Å². The lowest BCUT2D eigenvalue weighted by Crippen LogP contribution is -2.50. The van der Waals surface area contributed by atoms with Crippen molar-refractivity contribution in [2.24, 2.45) is 4.99 Å². The molecule has 0 atom stereocenters. The summed E-state index contributed by atoms with van der Waals surface area (Å²) in [6, 6.07) is 11.8. The zero-order valence-corrected chi connectivity index (χ0v) is 15.9. The van der Waals surface area contributed by atoms with Crippen molar-refractivity contribution in [3.8, 4) is 17.2 Å². The van der Waals surface area contributed by atoms with Crippen molar-refractivity contribution in [2.45, 2.75) is 13.8 Å². The molecule has 0 N–H and O–H groups in total. The number of benzene rings is 2. The summed E-state index contributed by atoms with van der Waals surface area (Å²) in [6.45, 7) is 6.50. The number of amidine groups is 1. The smallest absolute Gasteiger partial charge is 0.219 e. The molecule has 2 heterocycles. The lowest BCUT2D eigenvalue weighted by Gasteiger charge is -2.36. The molecule has 140 valence electrons. The van der Waals surface area contributed by atoms with Gasteiger partial charge < -0.3 is 19.3 Å². The van der Waals surface area contributed by atoms with Crippen LogP contribution in [0.2, 0.25) is 0 Å². The van der Waals surface area contributed by atoms with Gasteiger partial charge in [0.1, 0.15) is 23.0 Å². The van der Waals surface area contributed by atoms with Crippen molar-refractivity contribution in [2.75, 3.05) is 33.3 Å². The summed E-state index contributed by atoms with van der Waals surface area (Å²) in [5.41, 5.74) is 2.83. The molecule has 1 fully saturated rings. The van der Waals surface area contributed by atoms with Gasteiger partial charge in [0, 0.05) is 33.1 Å². The normalized spacial score (nSPS) is 15.9. The average molecular weight is 365 g/mol. The molecule has 1 saturated heterocycles. The van der Waals surface area contributed by atoms with Crippen LogP contribution in [0.1, 0.15) is 18.1 Å². The number of carbonyl (C=O) groups excluding carboxylic acids is 1. The molecule has 0 saturated carbocycles. The maximum absolute atomic E-state index is 11.7. The van der Waals surface area contributed by atoms with E-state index in [9.17, 15) is 4.79 Å². The molecule has 2 aliphatic heterocycles. The molecular weight excluding hydrogens is 342 g/mol. The molecule has 1 amide bonds. The van der Waals surface area contributed by atoms with Crippen LogP contribution in [0, 0.1) is 6.92 Å². The van der Waals surface area contributed by atoms with E-state index in [0.717, 1.165) is 53.0 Å². The molecule has 6 heteroatoms. The second-order valence-corrected chi connectivity index (χ2v) is 6.86. The van der Waals surface area contributed by atoms with Crippen molar-refractivity contribution in [1.29, 1.82) is 0 Å². The van der Waals surface area contributed by atoms with Crippen molar-refractivity contribution < 1.29 is 14.3 Å². The molecule has 27 heavy (non-hydrogen) atoms. The van der Waals surface area contributed by atoms with Crippen LogP contribution < -0.4 is 9.47 Å². The van der Waals surface area contributed by atoms with E-state index in [4.69, 9.17) is 14.5 Å². The van der Waals surface area contributed by atoms with Gasteiger partial charge in [-0.15, -0.1) is 0 Å². The minimum Gasteiger partial charge on any atom is -0.497 e. The number of aliphatic imine (C=N–C) groups is 1. The van der Waals surface area contributed by atoms with Crippen LogP contribution in [0.4, 0.5) is 5.69 Å². The van der Waals surface area contributed by atoms with E-state index in [0.29, 0.717) is 13.1 Å². The molecule has 0 unspecified atom stereocenters. The minimum absolute atomic E-state index is 0.115. The maximum Gasteiger partial charge on any atom is 0.219 e. The summed E-state index contributed by atoms with van der Waals surface area (Å²) in [4.78, 5) is 20.7. The van der Waals surface area contributed by atoms with Gasteiger partial charge in [0.2, 0.25) is 5.91 Å². The Morgan fingerprint density at radius 1 is 1.07 bits per heavy atom. The van der Waals surface area contributed by atoms with Gasteiger partial charge in [0.15, 0.2) is 5.75 Å². The summed E-state index contributed by atoms with van der Waals surface area (Å²) in [5.74, 6) is 3.24. The zero-order valence-electron chi connectivity index (χ0n) is 15.9. The van der Waals surface area contributed by atoms with Crippen LogP contribution in [0.25, 0.3) is 0 Å². The third kappa shape index (κ3) is 3.35. The molecule has 2 aromatic carbocycles. The lowest BCUT2D eigenvalue weighted by atomic mass is 10.1. The van der Waals surface area contributed by atoms with E-state index in [1.165, 1.54) is 0 Å². The van der Waals surface area contributed by atoms with E-state index < -0.39 is 0 Å². The van der Waals surface area contributed by atoms with Gasteiger partial charge in [-0.1, -0.05) is 6.07 Å². The summed E-state index contributed by atoms with van der Waals surface area (Å²) in [6.07, 6.45) is 0. The van der Waals surface area contributed by atoms with E-state index in [-0.39, 0.29) is 5.91 Å². The number of nitrogens with zero attached hydrogens (tertiary/aromatic N) is 3. The number of hydrogen-bond acceptors (Lipinski definition) is 5. The van der Waals surface area contributed by atoms with E-state index in [1.807, 2.05) is 48.2 Å². The Kier molecular flexibility index (Phi) is 4.48. The van der Waals surface area contributed by atoms with Crippen LogP contribution in [0.3, 0.4) is 0 Å². The van der Waals surface area contributed by atoms with E-state index in [2.05, 4.69) is 4.90 Å². The van der Waals surface area contributed by atoms with Gasteiger partial charge in [-0.25, -0.2) is 4.99 Å². The van der Waals surface area contributed by atoms with Crippen LogP contribution >= 0.6 is 0 Å². The first-order valence-electron chi connectivity index (χ1n) is 9.11. The summed E-state index contributed by atoms with van der Waals surface area (Å²) in [7, 11) is 1.65. The number of amides is 1. The second kappa shape index (κ2) is 6.95. The van der Waals surface area contributed by atoms with Gasteiger partial charge in [-0.2, -0.15) is 0 Å². The molecule has 6 nitrogen and oxygen atoms in total. The Bertz CT molecular complexity index is 915. The highest BCUT2D eigenvalue weighted by Gasteiger charge is 2.27. The Labute approximate surface area is 159 Å². The predicted molar refractivity (Wildman–Crippen MR) is 104 cm³/mol. The molecule has 0 aliphatic carbocycles. The van der Waals surface area contributed by atoms with Gasteiger partial charge in [-0.05, 0) is 42.8 Å². The predicted octanol–water partition coefficient (Wildman–Crippen LogP) is 3.35. The highest BCUT2D eigenvalue weighted by molar-refractivity contribution is 6.04. The highest BCUT2D eigenvalue weighted by atomic mass is 16.5. The first-order chi connectivity index (χ1) is 13.0. The second-order valence-electron chi connectivity index (χ2n) is 6.86. The van der Waals surface area contributed by atoms with Crippen molar-refractivity contribution in [1.82, 2.24) is 9.80 Å². The molecule has 2 aromatic rings. The Hall–Kier alpha value is -3.02. The fraction of sp³-hybridized carbons (Fsp3) is 0.333. The van der Waals surface area contributed by atoms with Gasteiger partial charge >= 0.3 is 0 Å². The standard InChI is InChI=1S/C21H23N3O3/c1-14-4-6-18-20(12-14)27-19-7-5-16(26-3)13-17(19)21(22-18)24-10-8-23(9-11-24)15(2)25/h4-7,12-13H,8-11H2,1-3H3. The molecule has 0 aromatic heterocycles. The van der Waals surface area contributed by atoms with Crippen LogP contribution in [0.5, 0.6) is 17.2 Å². The first kappa shape index (κ1) is 17.4. The SMILES string of the molecule is COc1ccc2c(c1)C(N1CCN(C(C)=O)CC1)=Nc1ccc(C)cc1O2. The van der Waals surface area contributed by atoms with Gasteiger partial charge in [-0.3, -0.25) is 4.79 Å². The topological polar surface area (TPSA) is 54.4 Å². The third-order valence-corrected chi connectivity index (χ3v) is 5.01. The first-order valence-corrected chi connectivity index (χ1v) is 9.11. The molecule has 0 radical (unpaired) electrons. The summed E-state index contributed by atoms with van der Waals surface area (Å²) in [5, 5.41) is 0. The van der Waals surface area contributed by atoms with Crippen LogP contribution in [-0.4, -0.2) is 54.8 Å². The van der Waals surface area contributed by atoms with E-state index >= 15 is 0 Å². The number of hydrogen-bond donors (Lipinski definition) is 0. The Balaban J connectivity index is 1.78. The van der Waals surface area contributed by atoms with Crippen molar-refractivity contribution in [3.63, 3.8) is 0 Å². The zero-order chi connectivity index (χ0) is 19.0. The Morgan fingerprint density at radius 3 is 2.56 bits per heavy atom. The van der Waals surface area contributed by atoms with Crippen molar-refractivity contribution in [3.05, 3.63) is 47.5 Å². The highest BCUT2D eigenvalue weighted by Crippen LogP contribution is 2.40. The number of ether oxygens (including phenoxy) is 2. The average Bonchev–Trinajstić information content (AvgIpc) is 2.83. The molecule has 0 bridgehead atoms. The number of rotatable bonds is 1. The molecule has 2 aliphatic rings. The number of piperazine rings is 1. The minimum atomic E-state index is 0.115. The number of carbonyl (C=O) groups is 1. The quantitative estimate of drug-likeness (QED) is 0.778. The number of methoxy groups -OCH3 is 1. The third-order valence-electron chi connectivity index (χ3n) is 5.01. The maximum atomic E-state index is 11.7. The largest absolute Gasteiger partial charge is 0.497 e. The fourth-order valence-electron chi connectivity index (χ4n) is 3.46.